The zero-order valence-corrected chi connectivity index (χ0v) is 34.3. The molecule has 0 N–H and O–H groups in total. The average molecular weight is 838 g/mol. The number of halogens is 4. The first-order chi connectivity index (χ1) is 28.2. The maximum atomic E-state index is 15.2. The molecule has 5 saturated heterocycles. The van der Waals surface area contributed by atoms with Crippen LogP contribution in [-0.4, -0.2) is 115 Å². The summed E-state index contributed by atoms with van der Waals surface area (Å²) in [4.78, 5) is 30.0. The molecule has 2 bridgehead atoms. The Balaban J connectivity index is 1.12. The Morgan fingerprint density at radius 1 is 1.03 bits per heavy atom. The molecule has 18 heteroatoms. The van der Waals surface area contributed by atoms with Crippen LogP contribution in [0.25, 0.3) is 42.5 Å². The number of rotatable bonds is 6. The van der Waals surface area contributed by atoms with Crippen molar-refractivity contribution in [3.63, 3.8) is 0 Å². The fourth-order valence-electron chi connectivity index (χ4n) is 10.3. The Kier molecular flexibility index (Phi) is 9.25. The average Bonchev–Trinajstić information content (AvgIpc) is 3.98. The summed E-state index contributed by atoms with van der Waals surface area (Å²) in [6.45, 7) is 9.84. The molecule has 59 heavy (non-hydrogen) atoms. The van der Waals surface area contributed by atoms with Gasteiger partial charge >= 0.3 is 18.3 Å². The van der Waals surface area contributed by atoms with Crippen molar-refractivity contribution in [2.24, 2.45) is 0 Å². The summed E-state index contributed by atoms with van der Waals surface area (Å²) in [6, 6.07) is 1.34. The van der Waals surface area contributed by atoms with E-state index >= 15 is 13.2 Å². The van der Waals surface area contributed by atoms with Gasteiger partial charge in [0, 0.05) is 49.0 Å². The van der Waals surface area contributed by atoms with Gasteiger partial charge in [0.15, 0.2) is 6.23 Å². The third-order valence-corrected chi connectivity index (χ3v) is 13.9. The summed E-state index contributed by atoms with van der Waals surface area (Å²) >= 11 is 1.21. The molecule has 0 aliphatic carbocycles. The van der Waals surface area contributed by atoms with Gasteiger partial charge in [-0.25, -0.2) is 13.9 Å². The molecule has 9 heterocycles. The Morgan fingerprint density at radius 2 is 1.83 bits per heavy atom. The summed E-state index contributed by atoms with van der Waals surface area (Å²) in [5.74, 6) is 0.541. The van der Waals surface area contributed by atoms with Crippen LogP contribution in [0, 0.1) is 6.92 Å². The van der Waals surface area contributed by atoms with Crippen LogP contribution in [0.4, 0.5) is 28.2 Å². The van der Waals surface area contributed by atoms with E-state index in [1.54, 1.807) is 10.9 Å². The standard InChI is InChI=1S/C41H47F4N9O4S/c1-22-14-28-26(17-47-54(28)29-8-5-6-13-56-29)30(32(22)41(43,44)45)33-34-27(16-46-50-33)31-35(51-19-24-9-10-25(20-51)53(24)38(55)58-39(2,3)4)48-37(49-36(31)59-34)57-21-40-11-7-12-52(40)18-23(42)15-40/h14,16-17,23-25,29H,5-13,15,18-21H2,1-4H3/t23-,24-,25+,29?,40+/m1/s1. The van der Waals surface area contributed by atoms with Gasteiger partial charge in [-0.15, -0.1) is 16.4 Å². The maximum Gasteiger partial charge on any atom is 0.417 e. The first-order valence-electron chi connectivity index (χ1n) is 20.6. The van der Waals surface area contributed by atoms with Crippen molar-refractivity contribution in [2.75, 3.05) is 44.3 Å². The molecule has 0 radical (unpaired) electrons. The monoisotopic (exact) mass is 837 g/mol. The second kappa shape index (κ2) is 14.1. The molecule has 5 fully saturated rings. The van der Waals surface area contributed by atoms with E-state index < -0.39 is 35.3 Å². The largest absolute Gasteiger partial charge is 0.461 e. The number of amides is 1. The third-order valence-electron chi connectivity index (χ3n) is 12.8. The molecule has 314 valence electrons. The minimum atomic E-state index is -4.72. The van der Waals surface area contributed by atoms with Crippen LogP contribution in [0.5, 0.6) is 6.01 Å². The lowest BCUT2D eigenvalue weighted by Crippen LogP contribution is -2.57. The molecule has 4 aromatic heterocycles. The smallest absolute Gasteiger partial charge is 0.417 e. The summed E-state index contributed by atoms with van der Waals surface area (Å²) < 4.78 is 80.8. The summed E-state index contributed by atoms with van der Waals surface area (Å²) in [5, 5.41) is 14.8. The minimum Gasteiger partial charge on any atom is -0.461 e. The van der Waals surface area contributed by atoms with Gasteiger partial charge in [-0.2, -0.15) is 33.3 Å². The van der Waals surface area contributed by atoms with Crippen LogP contribution in [0.15, 0.2) is 18.5 Å². The van der Waals surface area contributed by atoms with Crippen molar-refractivity contribution in [3.05, 3.63) is 29.6 Å². The fraction of sp³-hybridized carbons (Fsp3) is 0.610. The van der Waals surface area contributed by atoms with Crippen LogP contribution < -0.4 is 9.64 Å². The molecule has 1 aromatic carbocycles. The number of aromatic nitrogens is 6. The Hall–Kier alpha value is -4.42. The predicted molar refractivity (Wildman–Crippen MR) is 213 cm³/mol. The molecule has 1 amide bonds. The number of carbonyl (C=O) groups excluding carboxylic acids is 1. The van der Waals surface area contributed by atoms with Gasteiger partial charge in [0.2, 0.25) is 0 Å². The lowest BCUT2D eigenvalue weighted by Gasteiger charge is -2.42. The summed E-state index contributed by atoms with van der Waals surface area (Å²) in [6.07, 6.45) is 2.85. The highest BCUT2D eigenvalue weighted by molar-refractivity contribution is 7.26. The minimum absolute atomic E-state index is 0.0368. The quantitative estimate of drug-likeness (QED) is 0.154. The Morgan fingerprint density at radius 3 is 2.56 bits per heavy atom. The van der Waals surface area contributed by atoms with Crippen LogP contribution in [0.2, 0.25) is 0 Å². The van der Waals surface area contributed by atoms with Gasteiger partial charge in [-0.3, -0.25) is 9.80 Å². The Labute approximate surface area is 342 Å². The van der Waals surface area contributed by atoms with Gasteiger partial charge in [0.1, 0.15) is 34.7 Å². The molecule has 1 unspecified atom stereocenters. The predicted octanol–water partition coefficient (Wildman–Crippen LogP) is 8.22. The lowest BCUT2D eigenvalue weighted by molar-refractivity contribution is -0.137. The van der Waals surface area contributed by atoms with Gasteiger partial charge in [-0.05, 0) is 90.8 Å². The molecule has 5 atom stereocenters. The zero-order chi connectivity index (χ0) is 41.0. The van der Waals surface area contributed by atoms with Crippen molar-refractivity contribution in [1.29, 1.82) is 0 Å². The second-order valence-electron chi connectivity index (χ2n) is 17.9. The summed E-state index contributed by atoms with van der Waals surface area (Å²) in [7, 11) is 0. The van der Waals surface area contributed by atoms with E-state index in [0.29, 0.717) is 76.1 Å². The fourth-order valence-corrected chi connectivity index (χ4v) is 11.5. The van der Waals surface area contributed by atoms with E-state index in [-0.39, 0.29) is 47.6 Å². The van der Waals surface area contributed by atoms with E-state index in [1.807, 2.05) is 25.7 Å². The molecule has 0 saturated carbocycles. The number of ether oxygens (including phenoxy) is 3. The molecule has 5 aliphatic rings. The van der Waals surface area contributed by atoms with Crippen molar-refractivity contribution in [2.45, 2.75) is 121 Å². The highest BCUT2D eigenvalue weighted by Crippen LogP contribution is 2.49. The maximum absolute atomic E-state index is 15.2. The van der Waals surface area contributed by atoms with Gasteiger partial charge in [-0.1, -0.05) is 0 Å². The number of aryl methyl sites for hydroxylation is 1. The number of thiophene rings is 1. The van der Waals surface area contributed by atoms with Crippen LogP contribution in [-0.2, 0) is 15.7 Å². The van der Waals surface area contributed by atoms with Crippen molar-refractivity contribution >= 4 is 54.5 Å². The highest BCUT2D eigenvalue weighted by Gasteiger charge is 2.50. The van der Waals surface area contributed by atoms with Gasteiger partial charge in [0.05, 0.1) is 51.2 Å². The number of piperazine rings is 1. The zero-order valence-electron chi connectivity index (χ0n) is 33.5. The Bertz CT molecular complexity index is 2450. The first-order valence-corrected chi connectivity index (χ1v) is 21.4. The molecule has 0 spiro atoms. The normalized spacial score (nSPS) is 26.4. The number of benzene rings is 1. The third kappa shape index (κ3) is 6.63. The highest BCUT2D eigenvalue weighted by atomic mass is 32.1. The number of hydrogen-bond acceptors (Lipinski definition) is 12. The molecular weight excluding hydrogens is 791 g/mol. The number of anilines is 1. The van der Waals surface area contributed by atoms with Crippen LogP contribution in [0.3, 0.4) is 0 Å². The number of fused-ring (bicyclic) bond motifs is 7. The summed E-state index contributed by atoms with van der Waals surface area (Å²) in [5.41, 5.74) is -1.38. The van der Waals surface area contributed by atoms with E-state index in [1.165, 1.54) is 30.5 Å². The number of carbonyl (C=O) groups is 1. The number of hydrogen-bond donors (Lipinski definition) is 0. The van der Waals surface area contributed by atoms with E-state index in [9.17, 15) is 9.18 Å². The molecule has 5 aliphatic heterocycles. The topological polar surface area (TPSA) is 124 Å². The van der Waals surface area contributed by atoms with Crippen molar-refractivity contribution in [3.8, 4) is 17.3 Å². The molecule has 5 aromatic rings. The second-order valence-corrected chi connectivity index (χ2v) is 18.9. The van der Waals surface area contributed by atoms with Gasteiger partial charge in [0.25, 0.3) is 0 Å². The van der Waals surface area contributed by atoms with Gasteiger partial charge < -0.3 is 19.1 Å². The SMILES string of the molecule is Cc1cc2c(cnn2C2CCCCO2)c(-c2nncc3c2sc2nc(OC[C@@]45CCCN4C[C@H](F)C5)nc(N4C[C@H]5CC[C@@H](C4)N5C(=O)OC(C)(C)C)c23)c1C(F)(F)F. The van der Waals surface area contributed by atoms with E-state index in [2.05, 4.69) is 25.1 Å². The molecular formula is C41H47F4N9O4S. The molecule has 13 nitrogen and oxygen atoms in total. The lowest BCUT2D eigenvalue weighted by atomic mass is 9.94. The van der Waals surface area contributed by atoms with E-state index in [0.717, 1.165) is 45.1 Å². The number of nitrogens with zero attached hydrogens (tertiary/aromatic N) is 9. The van der Waals surface area contributed by atoms with Crippen molar-refractivity contribution in [1.82, 2.24) is 39.7 Å². The first kappa shape index (κ1) is 38.8. The number of alkyl halides is 4. The van der Waals surface area contributed by atoms with Crippen LogP contribution in [0.1, 0.15) is 89.5 Å². The molecule has 10 rings (SSSR count). The van der Waals surface area contributed by atoms with Crippen molar-refractivity contribution < 1.29 is 36.6 Å². The van der Waals surface area contributed by atoms with Crippen LogP contribution >= 0.6 is 11.3 Å². The van der Waals surface area contributed by atoms with E-state index in [4.69, 9.17) is 24.2 Å².